The fraction of sp³-hybridized carbons (Fsp3) is 0.158. The minimum atomic E-state index is -0.880. The number of fused-ring (bicyclic) bond motifs is 1. The van der Waals surface area contributed by atoms with Crippen molar-refractivity contribution in [2.75, 3.05) is 12.3 Å². The van der Waals surface area contributed by atoms with Gasteiger partial charge in [0, 0.05) is 17.5 Å². The molecule has 0 aliphatic rings. The van der Waals surface area contributed by atoms with Crippen molar-refractivity contribution in [2.24, 2.45) is 0 Å². The van der Waals surface area contributed by atoms with Crippen LogP contribution in [0.25, 0.3) is 10.9 Å². The number of nitro benzene ring substituents is 1. The second kappa shape index (κ2) is 8.30. The van der Waals surface area contributed by atoms with Crippen LogP contribution in [0.1, 0.15) is 33.5 Å². The van der Waals surface area contributed by atoms with E-state index in [1.807, 2.05) is 0 Å². The average Bonchev–Trinajstić information content (AvgIpc) is 2.71. The summed E-state index contributed by atoms with van der Waals surface area (Å²) in [6.45, 7) is 1.38. The van der Waals surface area contributed by atoms with Crippen molar-refractivity contribution in [1.29, 1.82) is 0 Å². The monoisotopic (exact) mass is 396 g/mol. The van der Waals surface area contributed by atoms with Gasteiger partial charge in [-0.15, -0.1) is 0 Å². The van der Waals surface area contributed by atoms with Gasteiger partial charge in [0.2, 0.25) is 0 Å². The maximum Gasteiger partial charge on any atom is 0.338 e. The minimum absolute atomic E-state index is 0.0853. The summed E-state index contributed by atoms with van der Waals surface area (Å²) in [6.07, 6.45) is 0. The molecule has 10 nitrogen and oxygen atoms in total. The van der Waals surface area contributed by atoms with Crippen LogP contribution >= 0.6 is 0 Å². The molecule has 0 unspecified atom stereocenters. The Labute approximate surface area is 164 Å². The number of hydrogen-bond donors (Lipinski definition) is 1. The molecule has 0 fully saturated rings. The second-order valence-electron chi connectivity index (χ2n) is 5.86. The van der Waals surface area contributed by atoms with Crippen LogP contribution in [0.2, 0.25) is 0 Å². The molecule has 0 radical (unpaired) electrons. The highest BCUT2D eigenvalue weighted by molar-refractivity contribution is 5.96. The highest BCUT2D eigenvalue weighted by atomic mass is 16.6. The van der Waals surface area contributed by atoms with Crippen molar-refractivity contribution in [1.82, 2.24) is 9.97 Å². The van der Waals surface area contributed by atoms with E-state index in [1.54, 1.807) is 31.2 Å². The van der Waals surface area contributed by atoms with E-state index in [-0.39, 0.29) is 36.0 Å². The first-order valence-corrected chi connectivity index (χ1v) is 8.54. The second-order valence-corrected chi connectivity index (χ2v) is 5.86. The van der Waals surface area contributed by atoms with Crippen molar-refractivity contribution in [3.63, 3.8) is 0 Å². The number of rotatable bonds is 6. The Morgan fingerprint density at radius 2 is 1.72 bits per heavy atom. The van der Waals surface area contributed by atoms with Gasteiger partial charge in [-0.1, -0.05) is 12.1 Å². The van der Waals surface area contributed by atoms with Gasteiger partial charge in [0.15, 0.2) is 12.4 Å². The number of nitrogens with two attached hydrogens (primary N) is 1. The SMILES string of the molecule is CCOC(=O)c1cc(C(=O)OCc2nc(N)c3ccccc3n2)cc([N+](=O)[O-])c1. The fourth-order valence-electron chi connectivity index (χ4n) is 2.60. The number of hydrogen-bond acceptors (Lipinski definition) is 9. The molecule has 148 valence electrons. The number of benzene rings is 2. The summed E-state index contributed by atoms with van der Waals surface area (Å²) in [5, 5.41) is 11.8. The zero-order valence-electron chi connectivity index (χ0n) is 15.3. The van der Waals surface area contributed by atoms with Crippen LogP contribution in [0.4, 0.5) is 11.5 Å². The van der Waals surface area contributed by atoms with E-state index < -0.39 is 22.5 Å². The largest absolute Gasteiger partial charge is 0.462 e. The molecule has 29 heavy (non-hydrogen) atoms. The maximum atomic E-state index is 12.4. The molecule has 2 aromatic carbocycles. The van der Waals surface area contributed by atoms with E-state index in [0.717, 1.165) is 12.1 Å². The summed E-state index contributed by atoms with van der Waals surface area (Å²) in [5.41, 5.74) is 5.75. The molecule has 1 aromatic heterocycles. The number of nitro groups is 1. The van der Waals surface area contributed by atoms with Crippen molar-refractivity contribution in [2.45, 2.75) is 13.5 Å². The first-order valence-electron chi connectivity index (χ1n) is 8.54. The quantitative estimate of drug-likeness (QED) is 0.377. The number of anilines is 1. The van der Waals surface area contributed by atoms with Gasteiger partial charge in [-0.05, 0) is 25.1 Å². The molecule has 1 heterocycles. The number of carbonyl (C=O) groups excluding carboxylic acids is 2. The van der Waals surface area contributed by atoms with Crippen LogP contribution in [0, 0.1) is 10.1 Å². The number of esters is 2. The van der Waals surface area contributed by atoms with Gasteiger partial charge < -0.3 is 15.2 Å². The number of aromatic nitrogens is 2. The van der Waals surface area contributed by atoms with Crippen LogP contribution in [0.15, 0.2) is 42.5 Å². The number of nitrogens with zero attached hydrogens (tertiary/aromatic N) is 3. The number of nitrogen functional groups attached to an aromatic ring is 1. The van der Waals surface area contributed by atoms with Gasteiger partial charge in [0.05, 0.1) is 28.2 Å². The normalized spacial score (nSPS) is 10.5. The standard InChI is InChI=1S/C19H16N4O6/c1-2-28-18(24)11-7-12(9-13(8-11)23(26)27)19(25)29-10-16-21-15-6-4-3-5-14(15)17(20)22-16/h3-9H,2,10H2,1H3,(H2,20,21,22). The molecule has 0 saturated heterocycles. The molecular weight excluding hydrogens is 380 g/mol. The third-order valence-corrected chi connectivity index (χ3v) is 3.89. The first kappa shape index (κ1) is 19.7. The van der Waals surface area contributed by atoms with Crippen LogP contribution < -0.4 is 5.73 Å². The third-order valence-electron chi connectivity index (χ3n) is 3.89. The van der Waals surface area contributed by atoms with Gasteiger partial charge in [-0.3, -0.25) is 10.1 Å². The molecule has 2 N–H and O–H groups in total. The number of carbonyl (C=O) groups is 2. The highest BCUT2D eigenvalue weighted by Gasteiger charge is 2.20. The molecule has 3 rings (SSSR count). The van der Waals surface area contributed by atoms with Crippen molar-refractivity contribution in [3.05, 3.63) is 69.5 Å². The predicted octanol–water partition coefficient (Wildman–Crippen LogP) is 2.65. The molecule has 0 spiro atoms. The van der Waals surface area contributed by atoms with Gasteiger partial charge in [0.25, 0.3) is 5.69 Å². The molecular formula is C19H16N4O6. The first-order chi connectivity index (χ1) is 13.9. The zero-order valence-corrected chi connectivity index (χ0v) is 15.3. The zero-order chi connectivity index (χ0) is 21.0. The van der Waals surface area contributed by atoms with E-state index in [1.165, 1.54) is 6.07 Å². The summed E-state index contributed by atoms with van der Waals surface area (Å²) in [5.74, 6) is -1.25. The van der Waals surface area contributed by atoms with E-state index in [0.29, 0.717) is 10.9 Å². The Morgan fingerprint density at radius 3 is 2.38 bits per heavy atom. The topological polar surface area (TPSA) is 148 Å². The Hall–Kier alpha value is -4.08. The van der Waals surface area contributed by atoms with Crippen molar-refractivity contribution >= 4 is 34.3 Å². The minimum Gasteiger partial charge on any atom is -0.462 e. The summed E-state index contributed by atoms with van der Waals surface area (Å²) < 4.78 is 9.99. The van der Waals surface area contributed by atoms with Crippen molar-refractivity contribution < 1.29 is 24.0 Å². The Kier molecular flexibility index (Phi) is 5.63. The molecule has 0 bridgehead atoms. The number of non-ortho nitro benzene ring substituents is 1. The third kappa shape index (κ3) is 4.43. The fourth-order valence-corrected chi connectivity index (χ4v) is 2.60. The average molecular weight is 396 g/mol. The summed E-state index contributed by atoms with van der Waals surface area (Å²) in [7, 11) is 0. The lowest BCUT2D eigenvalue weighted by Gasteiger charge is -2.08. The molecule has 0 aliphatic carbocycles. The molecule has 0 saturated carbocycles. The summed E-state index contributed by atoms with van der Waals surface area (Å²) in [6, 6.07) is 10.3. The molecule has 0 atom stereocenters. The van der Waals surface area contributed by atoms with Gasteiger partial charge in [0.1, 0.15) is 5.82 Å². The summed E-state index contributed by atoms with van der Waals surface area (Å²) in [4.78, 5) is 43.1. The smallest absolute Gasteiger partial charge is 0.338 e. The molecule has 0 aliphatic heterocycles. The van der Waals surface area contributed by atoms with E-state index in [4.69, 9.17) is 15.2 Å². The predicted molar refractivity (Wildman–Crippen MR) is 102 cm³/mol. The lowest BCUT2D eigenvalue weighted by atomic mass is 10.1. The maximum absolute atomic E-state index is 12.4. The van der Waals surface area contributed by atoms with E-state index in [2.05, 4.69) is 9.97 Å². The Balaban J connectivity index is 1.83. The van der Waals surface area contributed by atoms with Crippen molar-refractivity contribution in [3.8, 4) is 0 Å². The molecule has 3 aromatic rings. The number of para-hydroxylation sites is 1. The van der Waals surface area contributed by atoms with Crippen LogP contribution in [0.5, 0.6) is 0 Å². The molecule has 0 amide bonds. The highest BCUT2D eigenvalue weighted by Crippen LogP contribution is 2.20. The number of ether oxygens (including phenoxy) is 2. The van der Waals surface area contributed by atoms with Crippen LogP contribution in [-0.2, 0) is 16.1 Å². The summed E-state index contributed by atoms with van der Waals surface area (Å²) >= 11 is 0. The Bertz CT molecular complexity index is 1120. The van der Waals surface area contributed by atoms with E-state index in [9.17, 15) is 19.7 Å². The van der Waals surface area contributed by atoms with Crippen LogP contribution in [0.3, 0.4) is 0 Å². The Morgan fingerprint density at radius 1 is 1.07 bits per heavy atom. The van der Waals surface area contributed by atoms with Crippen LogP contribution in [-0.4, -0.2) is 33.4 Å². The van der Waals surface area contributed by atoms with E-state index >= 15 is 0 Å². The van der Waals surface area contributed by atoms with Gasteiger partial charge in [-0.25, -0.2) is 19.6 Å². The van der Waals surface area contributed by atoms with Gasteiger partial charge >= 0.3 is 11.9 Å². The lowest BCUT2D eigenvalue weighted by Crippen LogP contribution is -2.11. The van der Waals surface area contributed by atoms with Gasteiger partial charge in [-0.2, -0.15) is 0 Å². The molecule has 10 heteroatoms. The lowest BCUT2D eigenvalue weighted by molar-refractivity contribution is -0.384.